The zero-order chi connectivity index (χ0) is 16.9. The average Bonchev–Trinajstić information content (AvgIpc) is 2.51. The third-order valence-corrected chi connectivity index (χ3v) is 3.62. The van der Waals surface area contributed by atoms with E-state index in [1.807, 2.05) is 26.0 Å². The van der Waals surface area contributed by atoms with Crippen molar-refractivity contribution in [2.24, 2.45) is 0 Å². The number of aliphatic hydroxyl groups excluding tert-OH is 6. The summed E-state index contributed by atoms with van der Waals surface area (Å²) in [7, 11) is 0. The van der Waals surface area contributed by atoms with Crippen LogP contribution in [0.15, 0.2) is 24.0 Å². The molecule has 0 saturated carbocycles. The molecule has 0 aromatic heterocycles. The summed E-state index contributed by atoms with van der Waals surface area (Å²) >= 11 is 0. The summed E-state index contributed by atoms with van der Waals surface area (Å²) in [5.41, 5.74) is 2.84. The van der Waals surface area contributed by atoms with Crippen molar-refractivity contribution in [1.29, 1.82) is 0 Å². The van der Waals surface area contributed by atoms with Gasteiger partial charge in [-0.25, -0.2) is 0 Å². The summed E-state index contributed by atoms with van der Waals surface area (Å²) < 4.78 is 0. The van der Waals surface area contributed by atoms with Gasteiger partial charge in [-0.15, -0.1) is 0 Å². The molecular weight excluding hydrogens is 288 g/mol. The van der Waals surface area contributed by atoms with E-state index in [0.29, 0.717) is 5.56 Å². The molecule has 1 aromatic rings. The van der Waals surface area contributed by atoms with Crippen LogP contribution in [0.5, 0.6) is 0 Å². The predicted molar refractivity (Wildman–Crippen MR) is 82.3 cm³/mol. The Kier molecular flexibility index (Phi) is 6.99. The third kappa shape index (κ3) is 4.53. The predicted octanol–water partition coefficient (Wildman–Crippen LogP) is -0.108. The van der Waals surface area contributed by atoms with Gasteiger partial charge >= 0.3 is 0 Å². The largest absolute Gasteiger partial charge is 0.509 e. The SMILES string of the molecule is CCc1ccc(C=C(O)C(O)C(O)C(O)C(O)CO)cc1C. The molecule has 0 fully saturated rings. The van der Waals surface area contributed by atoms with Crippen molar-refractivity contribution in [3.63, 3.8) is 0 Å². The van der Waals surface area contributed by atoms with Crippen molar-refractivity contribution in [2.75, 3.05) is 6.61 Å². The number of hydrogen-bond acceptors (Lipinski definition) is 6. The molecule has 4 unspecified atom stereocenters. The molecule has 0 spiro atoms. The Morgan fingerprint density at radius 3 is 2.27 bits per heavy atom. The fourth-order valence-corrected chi connectivity index (χ4v) is 2.16. The van der Waals surface area contributed by atoms with Crippen LogP contribution in [0.4, 0.5) is 0 Å². The molecule has 0 aliphatic rings. The number of aliphatic hydroxyl groups is 6. The molecule has 0 saturated heterocycles. The van der Waals surface area contributed by atoms with Gasteiger partial charge in [-0.3, -0.25) is 0 Å². The Hall–Kier alpha value is -1.44. The summed E-state index contributed by atoms with van der Waals surface area (Å²) in [6.45, 7) is 3.19. The van der Waals surface area contributed by atoms with Gasteiger partial charge in [0.2, 0.25) is 0 Å². The lowest BCUT2D eigenvalue weighted by atomic mass is 9.99. The number of hydrogen-bond donors (Lipinski definition) is 6. The first-order valence-electron chi connectivity index (χ1n) is 7.15. The quantitative estimate of drug-likeness (QED) is 0.391. The standard InChI is InChI=1S/C16H24O6/c1-3-11-5-4-10(6-9(11)2)7-12(18)14(20)16(22)15(21)13(19)8-17/h4-7,13-22H,3,8H2,1-2H3. The van der Waals surface area contributed by atoms with E-state index < -0.39 is 36.8 Å². The number of benzene rings is 1. The first-order chi connectivity index (χ1) is 10.3. The van der Waals surface area contributed by atoms with Gasteiger partial charge in [0, 0.05) is 0 Å². The lowest BCUT2D eigenvalue weighted by Gasteiger charge is -2.25. The van der Waals surface area contributed by atoms with Crippen molar-refractivity contribution < 1.29 is 30.6 Å². The fraction of sp³-hybridized carbons (Fsp3) is 0.500. The van der Waals surface area contributed by atoms with Crippen LogP contribution in [0, 0.1) is 6.92 Å². The highest BCUT2D eigenvalue weighted by molar-refractivity contribution is 5.54. The van der Waals surface area contributed by atoms with E-state index in [1.54, 1.807) is 6.07 Å². The molecule has 0 bridgehead atoms. The Labute approximate surface area is 129 Å². The average molecular weight is 312 g/mol. The van der Waals surface area contributed by atoms with Crippen molar-refractivity contribution >= 4 is 6.08 Å². The second-order valence-electron chi connectivity index (χ2n) is 5.28. The second-order valence-corrected chi connectivity index (χ2v) is 5.28. The molecule has 1 rings (SSSR count). The molecule has 0 aliphatic heterocycles. The van der Waals surface area contributed by atoms with Crippen molar-refractivity contribution in [3.05, 3.63) is 40.6 Å². The summed E-state index contributed by atoms with van der Waals surface area (Å²) in [4.78, 5) is 0. The zero-order valence-electron chi connectivity index (χ0n) is 12.7. The highest BCUT2D eigenvalue weighted by Gasteiger charge is 2.32. The smallest absolute Gasteiger partial charge is 0.139 e. The van der Waals surface area contributed by atoms with Gasteiger partial charge in [-0.2, -0.15) is 0 Å². The van der Waals surface area contributed by atoms with Gasteiger partial charge in [0.15, 0.2) is 0 Å². The molecule has 4 atom stereocenters. The minimum atomic E-state index is -1.82. The molecule has 22 heavy (non-hydrogen) atoms. The highest BCUT2D eigenvalue weighted by Crippen LogP contribution is 2.17. The van der Waals surface area contributed by atoms with Gasteiger partial charge in [-0.05, 0) is 36.1 Å². The van der Waals surface area contributed by atoms with Crippen LogP contribution in [0.25, 0.3) is 6.08 Å². The van der Waals surface area contributed by atoms with Crippen LogP contribution in [-0.4, -0.2) is 61.7 Å². The Morgan fingerprint density at radius 1 is 1.14 bits per heavy atom. The molecule has 1 aromatic carbocycles. The van der Waals surface area contributed by atoms with Gasteiger partial charge in [0.05, 0.1) is 6.61 Å². The summed E-state index contributed by atoms with van der Waals surface area (Å²) in [5, 5.41) is 56.8. The van der Waals surface area contributed by atoms with Gasteiger partial charge in [0.25, 0.3) is 0 Å². The summed E-state index contributed by atoms with van der Waals surface area (Å²) in [6.07, 6.45) is -4.83. The van der Waals surface area contributed by atoms with E-state index in [4.69, 9.17) is 5.11 Å². The molecule has 0 amide bonds. The van der Waals surface area contributed by atoms with Gasteiger partial charge in [-0.1, -0.05) is 25.1 Å². The number of rotatable bonds is 7. The van der Waals surface area contributed by atoms with E-state index >= 15 is 0 Å². The van der Waals surface area contributed by atoms with E-state index in [2.05, 4.69) is 0 Å². The van der Waals surface area contributed by atoms with Crippen LogP contribution >= 0.6 is 0 Å². The Bertz CT molecular complexity index is 513. The lowest BCUT2D eigenvalue weighted by molar-refractivity contribution is -0.112. The third-order valence-electron chi connectivity index (χ3n) is 3.62. The van der Waals surface area contributed by atoms with Crippen LogP contribution in [-0.2, 0) is 6.42 Å². The monoisotopic (exact) mass is 312 g/mol. The van der Waals surface area contributed by atoms with Gasteiger partial charge in [0.1, 0.15) is 30.2 Å². The fourth-order valence-electron chi connectivity index (χ4n) is 2.16. The minimum absolute atomic E-state index is 0.541. The normalized spacial score (nSPS) is 17.9. The van der Waals surface area contributed by atoms with E-state index in [1.165, 1.54) is 11.6 Å². The number of aryl methyl sites for hydroxylation is 2. The molecule has 0 aliphatic carbocycles. The maximum atomic E-state index is 9.86. The Balaban J connectivity index is 2.89. The molecule has 6 heteroatoms. The van der Waals surface area contributed by atoms with E-state index in [9.17, 15) is 25.5 Å². The first-order valence-corrected chi connectivity index (χ1v) is 7.15. The maximum Gasteiger partial charge on any atom is 0.139 e. The Morgan fingerprint density at radius 2 is 1.77 bits per heavy atom. The van der Waals surface area contributed by atoms with Gasteiger partial charge < -0.3 is 30.6 Å². The maximum absolute atomic E-state index is 9.86. The lowest BCUT2D eigenvalue weighted by Crippen LogP contribution is -2.46. The summed E-state index contributed by atoms with van der Waals surface area (Å²) in [6, 6.07) is 5.49. The minimum Gasteiger partial charge on any atom is -0.509 e. The zero-order valence-corrected chi connectivity index (χ0v) is 12.7. The van der Waals surface area contributed by atoms with E-state index in [0.717, 1.165) is 12.0 Å². The molecule has 0 heterocycles. The molecule has 6 N–H and O–H groups in total. The summed E-state index contributed by atoms with van der Waals surface area (Å²) in [5.74, 6) is -0.541. The molecule has 124 valence electrons. The molecular formula is C16H24O6. The highest BCUT2D eigenvalue weighted by atomic mass is 16.4. The molecule has 6 nitrogen and oxygen atoms in total. The van der Waals surface area contributed by atoms with Crippen LogP contribution in [0.1, 0.15) is 23.6 Å². The van der Waals surface area contributed by atoms with E-state index in [-0.39, 0.29) is 0 Å². The molecule has 0 radical (unpaired) electrons. The van der Waals surface area contributed by atoms with Crippen molar-refractivity contribution in [2.45, 2.75) is 44.7 Å². The first kappa shape index (κ1) is 18.6. The van der Waals surface area contributed by atoms with Crippen molar-refractivity contribution in [3.8, 4) is 0 Å². The second kappa shape index (κ2) is 8.26. The van der Waals surface area contributed by atoms with Crippen LogP contribution in [0.2, 0.25) is 0 Å². The van der Waals surface area contributed by atoms with Crippen molar-refractivity contribution in [1.82, 2.24) is 0 Å². The van der Waals surface area contributed by atoms with Crippen LogP contribution < -0.4 is 0 Å². The van der Waals surface area contributed by atoms with Crippen LogP contribution in [0.3, 0.4) is 0 Å². The topological polar surface area (TPSA) is 121 Å².